The fraction of sp³-hybridized carbons (Fsp3) is 0.462. The Morgan fingerprint density at radius 3 is 2.82 bits per heavy atom. The molecule has 2 aromatic rings. The van der Waals surface area contributed by atoms with Crippen molar-refractivity contribution in [1.29, 1.82) is 0 Å². The van der Waals surface area contributed by atoms with E-state index in [-0.39, 0.29) is 23.7 Å². The van der Waals surface area contributed by atoms with E-state index in [0.29, 0.717) is 5.82 Å². The molecule has 116 valence electrons. The van der Waals surface area contributed by atoms with Gasteiger partial charge in [-0.05, 0) is 12.8 Å². The molecule has 0 spiro atoms. The summed E-state index contributed by atoms with van der Waals surface area (Å²) in [5.41, 5.74) is 5.11. The summed E-state index contributed by atoms with van der Waals surface area (Å²) >= 11 is 0. The highest BCUT2D eigenvalue weighted by Crippen LogP contribution is 2.34. The second-order valence-corrected chi connectivity index (χ2v) is 5.49. The van der Waals surface area contributed by atoms with E-state index in [0.717, 1.165) is 48.6 Å². The maximum atomic E-state index is 11.8. The van der Waals surface area contributed by atoms with E-state index in [1.807, 2.05) is 0 Å². The van der Waals surface area contributed by atoms with Crippen LogP contribution in [0.25, 0.3) is 0 Å². The SMILES string of the molecule is NC1(c2noc(Cn3cc([N+](=O)[O-])ccc3=O)n2)CCCC1. The molecule has 1 fully saturated rings. The molecule has 0 aromatic carbocycles. The minimum Gasteiger partial charge on any atom is -0.337 e. The van der Waals surface area contributed by atoms with Gasteiger partial charge >= 0.3 is 0 Å². The van der Waals surface area contributed by atoms with Gasteiger partial charge in [-0.3, -0.25) is 19.5 Å². The number of rotatable bonds is 4. The van der Waals surface area contributed by atoms with Gasteiger partial charge in [0, 0.05) is 12.1 Å². The number of nitrogens with zero attached hydrogens (tertiary/aromatic N) is 4. The van der Waals surface area contributed by atoms with Gasteiger partial charge in [0.05, 0.1) is 16.7 Å². The quantitative estimate of drug-likeness (QED) is 0.656. The Labute approximate surface area is 124 Å². The lowest BCUT2D eigenvalue weighted by Gasteiger charge is -2.17. The number of nitro groups is 1. The summed E-state index contributed by atoms with van der Waals surface area (Å²) in [7, 11) is 0. The van der Waals surface area contributed by atoms with Gasteiger partial charge in [0.25, 0.3) is 11.2 Å². The Morgan fingerprint density at radius 1 is 1.41 bits per heavy atom. The zero-order chi connectivity index (χ0) is 15.7. The van der Waals surface area contributed by atoms with Crippen molar-refractivity contribution in [3.8, 4) is 0 Å². The summed E-state index contributed by atoms with van der Waals surface area (Å²) in [4.78, 5) is 26.2. The molecule has 22 heavy (non-hydrogen) atoms. The van der Waals surface area contributed by atoms with Crippen LogP contribution < -0.4 is 11.3 Å². The van der Waals surface area contributed by atoms with Crippen LogP contribution in [0, 0.1) is 10.1 Å². The van der Waals surface area contributed by atoms with E-state index in [1.54, 1.807) is 0 Å². The van der Waals surface area contributed by atoms with Crippen molar-refractivity contribution in [3.05, 3.63) is 50.5 Å². The van der Waals surface area contributed by atoms with Crippen molar-refractivity contribution < 1.29 is 9.45 Å². The van der Waals surface area contributed by atoms with Crippen LogP contribution >= 0.6 is 0 Å². The molecule has 0 amide bonds. The standard InChI is InChI=1S/C13H15N5O4/c14-13(5-1-2-6-13)12-15-10(22-16-12)8-17-7-9(18(20)21)3-4-11(17)19/h3-4,7H,1-2,5-6,8,14H2. The van der Waals surface area contributed by atoms with Crippen LogP contribution in [-0.2, 0) is 12.1 Å². The van der Waals surface area contributed by atoms with Crippen molar-refractivity contribution in [2.45, 2.75) is 37.8 Å². The first-order chi connectivity index (χ1) is 10.5. The minimum atomic E-state index is -0.574. The van der Waals surface area contributed by atoms with Gasteiger partial charge in [-0.15, -0.1) is 0 Å². The van der Waals surface area contributed by atoms with Crippen LogP contribution in [0.5, 0.6) is 0 Å². The molecule has 0 unspecified atom stereocenters. The van der Waals surface area contributed by atoms with Crippen molar-refractivity contribution in [1.82, 2.24) is 14.7 Å². The second kappa shape index (κ2) is 5.34. The Balaban J connectivity index is 1.85. The Bertz CT molecular complexity index is 760. The average Bonchev–Trinajstić information content (AvgIpc) is 3.11. The Hall–Kier alpha value is -2.55. The highest BCUT2D eigenvalue weighted by molar-refractivity contribution is 5.25. The molecule has 3 rings (SSSR count). The molecule has 1 aliphatic carbocycles. The fourth-order valence-electron chi connectivity index (χ4n) is 2.65. The number of hydrogen-bond acceptors (Lipinski definition) is 7. The molecule has 2 aromatic heterocycles. The summed E-state index contributed by atoms with van der Waals surface area (Å²) in [6.45, 7) is -0.0242. The molecule has 0 aliphatic heterocycles. The Kier molecular flexibility index (Phi) is 3.49. The van der Waals surface area contributed by atoms with Gasteiger partial charge in [-0.25, -0.2) is 0 Å². The predicted molar refractivity (Wildman–Crippen MR) is 75.1 cm³/mol. The first-order valence-corrected chi connectivity index (χ1v) is 6.95. The van der Waals surface area contributed by atoms with E-state index in [2.05, 4.69) is 10.1 Å². The minimum absolute atomic E-state index is 0.0242. The molecule has 0 bridgehead atoms. The van der Waals surface area contributed by atoms with Crippen LogP contribution in [0.4, 0.5) is 5.69 Å². The smallest absolute Gasteiger partial charge is 0.285 e. The monoisotopic (exact) mass is 305 g/mol. The molecule has 2 heterocycles. The van der Waals surface area contributed by atoms with Gasteiger partial charge in [0.2, 0.25) is 5.89 Å². The number of hydrogen-bond donors (Lipinski definition) is 1. The Morgan fingerprint density at radius 2 is 2.14 bits per heavy atom. The molecule has 0 radical (unpaired) electrons. The predicted octanol–water partition coefficient (Wildman–Crippen LogP) is 0.916. The topological polar surface area (TPSA) is 130 Å². The van der Waals surface area contributed by atoms with Crippen molar-refractivity contribution in [2.75, 3.05) is 0 Å². The van der Waals surface area contributed by atoms with E-state index in [1.165, 1.54) is 0 Å². The largest absolute Gasteiger partial charge is 0.337 e. The third-order valence-corrected chi connectivity index (χ3v) is 3.89. The van der Waals surface area contributed by atoms with Crippen LogP contribution in [-0.4, -0.2) is 19.6 Å². The molecule has 0 saturated heterocycles. The average molecular weight is 305 g/mol. The highest BCUT2D eigenvalue weighted by atomic mass is 16.6. The maximum absolute atomic E-state index is 11.8. The third kappa shape index (κ3) is 2.62. The van der Waals surface area contributed by atoms with Crippen molar-refractivity contribution in [3.63, 3.8) is 0 Å². The van der Waals surface area contributed by atoms with Gasteiger partial charge in [-0.2, -0.15) is 4.98 Å². The lowest BCUT2D eigenvalue weighted by molar-refractivity contribution is -0.385. The molecule has 0 atom stereocenters. The van der Waals surface area contributed by atoms with Crippen molar-refractivity contribution >= 4 is 5.69 Å². The molecule has 9 nitrogen and oxygen atoms in total. The van der Waals surface area contributed by atoms with Crippen LogP contribution in [0.3, 0.4) is 0 Å². The van der Waals surface area contributed by atoms with Gasteiger partial charge < -0.3 is 10.3 Å². The third-order valence-electron chi connectivity index (χ3n) is 3.89. The second-order valence-electron chi connectivity index (χ2n) is 5.49. The normalized spacial score (nSPS) is 16.8. The van der Waals surface area contributed by atoms with Crippen LogP contribution in [0.15, 0.2) is 27.6 Å². The van der Waals surface area contributed by atoms with Gasteiger partial charge in [0.15, 0.2) is 5.82 Å². The molecular weight excluding hydrogens is 290 g/mol. The van der Waals surface area contributed by atoms with Crippen LogP contribution in [0.2, 0.25) is 0 Å². The van der Waals surface area contributed by atoms with E-state index in [4.69, 9.17) is 10.3 Å². The fourth-order valence-corrected chi connectivity index (χ4v) is 2.65. The molecule has 1 saturated carbocycles. The van der Waals surface area contributed by atoms with Crippen molar-refractivity contribution in [2.24, 2.45) is 5.73 Å². The van der Waals surface area contributed by atoms with E-state index < -0.39 is 10.5 Å². The number of nitrogens with two attached hydrogens (primary N) is 1. The summed E-state index contributed by atoms with van der Waals surface area (Å²) < 4.78 is 6.29. The molecule has 1 aliphatic rings. The lowest BCUT2D eigenvalue weighted by atomic mass is 9.99. The van der Waals surface area contributed by atoms with Gasteiger partial charge in [0.1, 0.15) is 6.54 Å². The van der Waals surface area contributed by atoms with E-state index in [9.17, 15) is 14.9 Å². The number of aromatic nitrogens is 3. The summed E-state index contributed by atoms with van der Waals surface area (Å²) in [6, 6.07) is 2.29. The zero-order valence-corrected chi connectivity index (χ0v) is 11.8. The summed E-state index contributed by atoms with van der Waals surface area (Å²) in [6.07, 6.45) is 4.78. The summed E-state index contributed by atoms with van der Waals surface area (Å²) in [5, 5.41) is 14.7. The highest BCUT2D eigenvalue weighted by Gasteiger charge is 2.35. The first-order valence-electron chi connectivity index (χ1n) is 6.95. The summed E-state index contributed by atoms with van der Waals surface area (Å²) in [5.74, 6) is 0.632. The lowest BCUT2D eigenvalue weighted by Crippen LogP contribution is -2.34. The molecule has 2 N–H and O–H groups in total. The maximum Gasteiger partial charge on any atom is 0.285 e. The van der Waals surface area contributed by atoms with Gasteiger partial charge in [-0.1, -0.05) is 18.0 Å². The first kappa shape index (κ1) is 14.4. The molecule has 9 heteroatoms. The number of pyridine rings is 1. The molecular formula is C13H15N5O4. The van der Waals surface area contributed by atoms with E-state index >= 15 is 0 Å². The zero-order valence-electron chi connectivity index (χ0n) is 11.8. The van der Waals surface area contributed by atoms with Crippen LogP contribution in [0.1, 0.15) is 37.4 Å².